The summed E-state index contributed by atoms with van der Waals surface area (Å²) in [6.45, 7) is 7.23. The minimum absolute atomic E-state index is 0.0609. The zero-order valence-electron chi connectivity index (χ0n) is 17.9. The molecule has 28 heavy (non-hydrogen) atoms. The van der Waals surface area contributed by atoms with Crippen LogP contribution < -0.4 is 0 Å². The van der Waals surface area contributed by atoms with Crippen molar-refractivity contribution in [1.29, 1.82) is 0 Å². The van der Waals surface area contributed by atoms with Gasteiger partial charge in [-0.1, -0.05) is 19.8 Å². The molecule has 0 bridgehead atoms. The van der Waals surface area contributed by atoms with Crippen LogP contribution in [0.15, 0.2) is 0 Å². The molecule has 1 N–H and O–H groups in total. The number of hydrogen-bond acceptors (Lipinski definition) is 4. The zero-order chi connectivity index (χ0) is 21.9. The first-order valence-corrected chi connectivity index (χ1v) is 9.41. The van der Waals surface area contributed by atoms with Crippen molar-refractivity contribution in [3.8, 4) is 11.8 Å². The topological polar surface area (TPSA) is 81.2 Å². The first-order chi connectivity index (χ1) is 12.7. The molecule has 1 fully saturated rings. The van der Waals surface area contributed by atoms with Gasteiger partial charge in [0.05, 0.1) is 5.54 Å². The van der Waals surface area contributed by atoms with Gasteiger partial charge in [0.2, 0.25) is 0 Å². The van der Waals surface area contributed by atoms with Crippen molar-refractivity contribution >= 4 is 17.8 Å². The highest BCUT2D eigenvalue weighted by atomic mass is 19.1. The molecule has 2 amide bonds. The van der Waals surface area contributed by atoms with E-state index in [0.29, 0.717) is 0 Å². The number of nitrogens with zero attached hydrogens (tertiary/aromatic N) is 3. The van der Waals surface area contributed by atoms with E-state index in [1.54, 1.807) is 13.8 Å². The van der Waals surface area contributed by atoms with Gasteiger partial charge in [-0.05, 0) is 39.8 Å². The van der Waals surface area contributed by atoms with Gasteiger partial charge in [-0.3, -0.25) is 14.5 Å². The van der Waals surface area contributed by atoms with Gasteiger partial charge in [-0.15, -0.1) is 0 Å². The Morgan fingerprint density at radius 2 is 1.64 bits per heavy atom. The molecule has 0 aromatic rings. The number of rotatable bonds is 5. The second-order valence-electron chi connectivity index (χ2n) is 8.40. The van der Waals surface area contributed by atoms with Gasteiger partial charge in [-0.2, -0.15) is 0 Å². The van der Waals surface area contributed by atoms with Gasteiger partial charge < -0.3 is 14.9 Å². The molecule has 158 valence electrons. The summed E-state index contributed by atoms with van der Waals surface area (Å²) in [6.07, 6.45) is -0.351. The van der Waals surface area contributed by atoms with Crippen molar-refractivity contribution in [2.45, 2.75) is 57.8 Å². The molecule has 0 saturated carbocycles. The summed E-state index contributed by atoms with van der Waals surface area (Å²) in [7, 11) is 5.04. The van der Waals surface area contributed by atoms with E-state index in [1.807, 2.05) is 32.8 Å². The average molecular weight is 397 g/mol. The molecule has 1 atom stereocenters. The molecule has 1 aliphatic rings. The third kappa shape index (κ3) is 5.44. The van der Waals surface area contributed by atoms with Gasteiger partial charge in [-0.25, -0.2) is 9.18 Å². The number of amides is 2. The molecule has 0 aliphatic carbocycles. The number of likely N-dealkylation sites (tertiary alicyclic amines) is 1. The third-order valence-corrected chi connectivity index (χ3v) is 5.44. The normalized spacial score (nSPS) is 17.7. The van der Waals surface area contributed by atoms with E-state index < -0.39 is 35.0 Å². The fourth-order valence-corrected chi connectivity index (χ4v) is 3.02. The van der Waals surface area contributed by atoms with E-state index in [1.165, 1.54) is 11.9 Å². The predicted octanol–water partition coefficient (Wildman–Crippen LogP) is 1.23. The molecule has 8 heteroatoms. The lowest BCUT2D eigenvalue weighted by Gasteiger charge is -2.38. The summed E-state index contributed by atoms with van der Waals surface area (Å²) in [6, 6.07) is -1.10. The van der Waals surface area contributed by atoms with Crippen LogP contribution in [0.2, 0.25) is 0 Å². The van der Waals surface area contributed by atoms with Crippen LogP contribution >= 0.6 is 0 Å². The van der Waals surface area contributed by atoms with Gasteiger partial charge in [0.1, 0.15) is 6.04 Å². The number of hydrogen-bond donors (Lipinski definition) is 1. The Kier molecular flexibility index (Phi) is 7.60. The lowest BCUT2D eigenvalue weighted by molar-refractivity contribution is -0.159. The first kappa shape index (κ1) is 23.9. The van der Waals surface area contributed by atoms with Crippen molar-refractivity contribution in [2.75, 3.05) is 34.2 Å². The Labute approximate surface area is 166 Å². The SMILES string of the molecule is CC(C)C(C(=O)O)N(C)C(=O)C1(F)CCN(C(=O)C#CC(C)(C)N(C)C)CC1. The molecule has 0 aromatic heterocycles. The Morgan fingerprint density at radius 3 is 2.04 bits per heavy atom. The molecular weight excluding hydrogens is 365 g/mol. The van der Waals surface area contributed by atoms with Crippen LogP contribution in [0.25, 0.3) is 0 Å². The number of carboxylic acids is 1. The van der Waals surface area contributed by atoms with E-state index in [0.717, 1.165) is 4.90 Å². The Hall–Kier alpha value is -2.14. The van der Waals surface area contributed by atoms with E-state index in [9.17, 15) is 19.5 Å². The highest BCUT2D eigenvalue weighted by molar-refractivity contribution is 5.94. The minimum Gasteiger partial charge on any atom is -0.480 e. The quantitative estimate of drug-likeness (QED) is 0.706. The maximum Gasteiger partial charge on any atom is 0.326 e. The number of alkyl halides is 1. The van der Waals surface area contributed by atoms with Gasteiger partial charge in [0, 0.05) is 33.0 Å². The number of piperidine rings is 1. The van der Waals surface area contributed by atoms with Crippen LogP contribution in [-0.4, -0.2) is 89.1 Å². The van der Waals surface area contributed by atoms with E-state index in [4.69, 9.17) is 0 Å². The maximum atomic E-state index is 15.3. The third-order valence-electron chi connectivity index (χ3n) is 5.44. The molecule has 0 aromatic carbocycles. The summed E-state index contributed by atoms with van der Waals surface area (Å²) in [5.41, 5.74) is -2.65. The van der Waals surface area contributed by atoms with E-state index in [-0.39, 0.29) is 31.8 Å². The molecule has 7 nitrogen and oxygen atoms in total. The Balaban J connectivity index is 2.81. The number of carbonyl (C=O) groups is 3. The van der Waals surface area contributed by atoms with Crippen LogP contribution in [-0.2, 0) is 14.4 Å². The number of carboxylic acid groups (broad SMARTS) is 1. The van der Waals surface area contributed by atoms with Crippen LogP contribution in [0.5, 0.6) is 0 Å². The second-order valence-corrected chi connectivity index (χ2v) is 8.40. The summed E-state index contributed by atoms with van der Waals surface area (Å²) < 4.78 is 15.3. The zero-order valence-corrected chi connectivity index (χ0v) is 17.9. The van der Waals surface area contributed by atoms with Crippen molar-refractivity contribution in [3.63, 3.8) is 0 Å². The van der Waals surface area contributed by atoms with E-state index >= 15 is 4.39 Å². The van der Waals surface area contributed by atoms with Crippen molar-refractivity contribution in [2.24, 2.45) is 5.92 Å². The fourth-order valence-electron chi connectivity index (χ4n) is 3.02. The van der Waals surface area contributed by atoms with Gasteiger partial charge in [0.15, 0.2) is 5.67 Å². The maximum absolute atomic E-state index is 15.3. The standard InChI is InChI=1S/C20H32FN3O4/c1-14(2)16(17(26)27)23(7)18(28)20(21)10-12-24(13-11-20)15(25)8-9-19(3,4)22(5)6/h14,16H,10-13H2,1-7H3,(H,26,27). The summed E-state index contributed by atoms with van der Waals surface area (Å²) in [5, 5.41) is 9.34. The van der Waals surface area contributed by atoms with Crippen molar-refractivity contribution in [1.82, 2.24) is 14.7 Å². The summed E-state index contributed by atoms with van der Waals surface area (Å²) in [4.78, 5) is 40.7. The average Bonchev–Trinajstić information content (AvgIpc) is 2.58. The minimum atomic E-state index is -2.18. The van der Waals surface area contributed by atoms with Crippen molar-refractivity contribution in [3.05, 3.63) is 0 Å². The van der Waals surface area contributed by atoms with E-state index in [2.05, 4.69) is 11.8 Å². The molecule has 1 rings (SSSR count). The summed E-state index contributed by atoms with van der Waals surface area (Å²) >= 11 is 0. The first-order valence-electron chi connectivity index (χ1n) is 9.41. The molecule has 1 heterocycles. The molecule has 1 aliphatic heterocycles. The highest BCUT2D eigenvalue weighted by Crippen LogP contribution is 2.30. The van der Waals surface area contributed by atoms with Crippen molar-refractivity contribution < 1.29 is 23.9 Å². The van der Waals surface area contributed by atoms with Gasteiger partial charge >= 0.3 is 5.97 Å². The number of aliphatic carboxylic acids is 1. The van der Waals surface area contributed by atoms with Crippen LogP contribution in [0.1, 0.15) is 40.5 Å². The number of halogens is 1. The fraction of sp³-hybridized carbons (Fsp3) is 0.750. The summed E-state index contributed by atoms with van der Waals surface area (Å²) in [5.74, 6) is 2.74. The molecule has 1 unspecified atom stereocenters. The molecule has 0 radical (unpaired) electrons. The lowest BCUT2D eigenvalue weighted by Crippen LogP contribution is -2.56. The number of carbonyl (C=O) groups excluding carboxylic acids is 2. The lowest BCUT2D eigenvalue weighted by atomic mass is 9.90. The van der Waals surface area contributed by atoms with Gasteiger partial charge in [0.25, 0.3) is 11.8 Å². The smallest absolute Gasteiger partial charge is 0.326 e. The van der Waals surface area contributed by atoms with Crippen LogP contribution in [0.3, 0.4) is 0 Å². The second kappa shape index (κ2) is 8.91. The molecule has 1 saturated heterocycles. The molecular formula is C20H32FN3O4. The molecule has 0 spiro atoms. The predicted molar refractivity (Wildman–Crippen MR) is 104 cm³/mol. The Morgan fingerprint density at radius 1 is 1.14 bits per heavy atom. The highest BCUT2D eigenvalue weighted by Gasteiger charge is 2.46. The largest absolute Gasteiger partial charge is 0.480 e. The Bertz CT molecular complexity index is 671. The monoisotopic (exact) mass is 397 g/mol. The van der Waals surface area contributed by atoms with Crippen LogP contribution in [0, 0.1) is 17.8 Å². The van der Waals surface area contributed by atoms with Crippen LogP contribution in [0.4, 0.5) is 4.39 Å². The number of likely N-dealkylation sites (N-methyl/N-ethyl adjacent to an activating group) is 1.